The van der Waals surface area contributed by atoms with Crippen molar-refractivity contribution in [3.05, 3.63) is 34.5 Å². The molecule has 8 nitrogen and oxygen atoms in total. The second-order valence-electron chi connectivity index (χ2n) is 3.75. The first-order chi connectivity index (χ1) is 8.61. The lowest BCUT2D eigenvalue weighted by molar-refractivity contribution is -0.151. The molecule has 3 N–H and O–H groups in total. The van der Waals surface area contributed by atoms with Crippen LogP contribution in [0, 0.1) is 6.92 Å². The maximum absolute atomic E-state index is 12.0. The fourth-order valence-corrected chi connectivity index (χ4v) is 1.65. The molecule has 0 aliphatic rings. The molecular weight excluding hydrogens is 238 g/mol. The molecule has 8 heteroatoms. The number of aromatic nitrogens is 3. The van der Waals surface area contributed by atoms with Gasteiger partial charge in [-0.05, 0) is 13.0 Å². The summed E-state index contributed by atoms with van der Waals surface area (Å²) in [6, 6.07) is 1.69. The Bertz CT molecular complexity index is 630. The van der Waals surface area contributed by atoms with Gasteiger partial charge in [0.25, 0.3) is 5.56 Å². The maximum atomic E-state index is 12.0. The number of nitrogens with two attached hydrogens (primary N) is 1. The Hall–Kier alpha value is -2.19. The molecule has 0 amide bonds. The number of nitrogens with one attached hydrogen (secondary N) is 1. The van der Waals surface area contributed by atoms with Gasteiger partial charge >= 0.3 is 5.97 Å². The van der Waals surface area contributed by atoms with Crippen molar-refractivity contribution in [3.8, 4) is 0 Å². The number of carbonyl (C=O) groups is 1. The highest BCUT2D eigenvalue weighted by Gasteiger charge is 2.07. The maximum Gasteiger partial charge on any atom is 0.328 e. The van der Waals surface area contributed by atoms with Gasteiger partial charge in [-0.3, -0.25) is 9.59 Å². The summed E-state index contributed by atoms with van der Waals surface area (Å²) in [5, 5.41) is 4.12. The summed E-state index contributed by atoms with van der Waals surface area (Å²) in [5.41, 5.74) is 2.83. The lowest BCUT2D eigenvalue weighted by Gasteiger charge is -2.05. The molecule has 0 unspecified atom stereocenters. The van der Waals surface area contributed by atoms with Crippen molar-refractivity contribution in [1.82, 2.24) is 19.8 Å². The summed E-state index contributed by atoms with van der Waals surface area (Å²) in [4.78, 5) is 27.5. The third-order valence-corrected chi connectivity index (χ3v) is 2.46. The predicted molar refractivity (Wildman–Crippen MR) is 62.2 cm³/mol. The molecule has 2 heterocycles. The zero-order valence-corrected chi connectivity index (χ0v) is 9.79. The van der Waals surface area contributed by atoms with E-state index in [0.29, 0.717) is 5.52 Å². The number of rotatable bonds is 4. The summed E-state index contributed by atoms with van der Waals surface area (Å²) >= 11 is 0. The minimum Gasteiger partial charge on any atom is -0.356 e. The van der Waals surface area contributed by atoms with E-state index in [1.165, 1.54) is 9.08 Å². The third kappa shape index (κ3) is 2.39. The fraction of sp³-hybridized carbons (Fsp3) is 0.300. The average molecular weight is 251 g/mol. The van der Waals surface area contributed by atoms with Crippen molar-refractivity contribution < 1.29 is 9.63 Å². The van der Waals surface area contributed by atoms with Crippen LogP contribution in [0.2, 0.25) is 0 Å². The molecule has 0 atom stereocenters. The molecule has 0 saturated carbocycles. The van der Waals surface area contributed by atoms with Crippen molar-refractivity contribution in [2.24, 2.45) is 5.84 Å². The van der Waals surface area contributed by atoms with E-state index in [1.807, 2.05) is 0 Å². The van der Waals surface area contributed by atoms with E-state index in [-0.39, 0.29) is 18.5 Å². The summed E-state index contributed by atoms with van der Waals surface area (Å²) in [6.45, 7) is 2.03. The molecule has 0 aliphatic heterocycles. The number of aryl methyl sites for hydroxylation is 2. The van der Waals surface area contributed by atoms with Gasteiger partial charge in [0.1, 0.15) is 5.52 Å². The Morgan fingerprint density at radius 2 is 2.33 bits per heavy atom. The number of hydrogen-bond acceptors (Lipinski definition) is 6. The zero-order chi connectivity index (χ0) is 13.1. The standard InChI is InChI=1S/C10H13N5O3/c1-7-6-8-10(17)14(4-5-15(8)12-7)3-2-9(16)18-13-11/h4-6,13H,2-3,11H2,1H3. The average Bonchev–Trinajstić information content (AvgIpc) is 2.70. The van der Waals surface area contributed by atoms with Crippen molar-refractivity contribution in [3.63, 3.8) is 0 Å². The Kier molecular flexibility index (Phi) is 3.40. The Labute approximate surface area is 102 Å². The molecule has 0 radical (unpaired) electrons. The lowest BCUT2D eigenvalue weighted by Crippen LogP contribution is -2.28. The molecular formula is C10H13N5O3. The van der Waals surface area contributed by atoms with E-state index < -0.39 is 5.97 Å². The summed E-state index contributed by atoms with van der Waals surface area (Å²) < 4.78 is 2.93. The molecule has 2 aromatic rings. The number of fused-ring (bicyclic) bond motifs is 1. The van der Waals surface area contributed by atoms with Gasteiger partial charge in [0.05, 0.1) is 12.1 Å². The first-order valence-corrected chi connectivity index (χ1v) is 5.32. The van der Waals surface area contributed by atoms with Crippen molar-refractivity contribution in [2.45, 2.75) is 19.9 Å². The number of carbonyl (C=O) groups excluding carboxylic acids is 1. The Balaban J connectivity index is 2.21. The second-order valence-corrected chi connectivity index (χ2v) is 3.75. The van der Waals surface area contributed by atoms with Crippen molar-refractivity contribution >= 4 is 11.5 Å². The van der Waals surface area contributed by atoms with Crippen LogP contribution in [-0.2, 0) is 16.2 Å². The molecule has 18 heavy (non-hydrogen) atoms. The highest BCUT2D eigenvalue weighted by Crippen LogP contribution is 2.00. The van der Waals surface area contributed by atoms with Crippen LogP contribution in [0.15, 0.2) is 23.3 Å². The van der Waals surface area contributed by atoms with Crippen LogP contribution in [-0.4, -0.2) is 20.2 Å². The first-order valence-electron chi connectivity index (χ1n) is 5.32. The smallest absolute Gasteiger partial charge is 0.328 e. The quantitative estimate of drug-likeness (QED) is 0.540. The molecule has 0 aromatic carbocycles. The molecule has 0 spiro atoms. The second kappa shape index (κ2) is 4.98. The van der Waals surface area contributed by atoms with Gasteiger partial charge in [-0.25, -0.2) is 10.4 Å². The third-order valence-electron chi connectivity index (χ3n) is 2.46. The fourth-order valence-electron chi connectivity index (χ4n) is 1.65. The van der Waals surface area contributed by atoms with Crippen LogP contribution in [0.5, 0.6) is 0 Å². The minimum absolute atomic E-state index is 0.0490. The van der Waals surface area contributed by atoms with Gasteiger partial charge in [0, 0.05) is 18.9 Å². The molecule has 2 aromatic heterocycles. The number of hydrogen-bond donors (Lipinski definition) is 2. The van der Waals surface area contributed by atoms with Gasteiger partial charge in [-0.1, -0.05) is 5.59 Å². The molecule has 0 aliphatic carbocycles. The van der Waals surface area contributed by atoms with Gasteiger partial charge in [-0.2, -0.15) is 5.10 Å². The summed E-state index contributed by atoms with van der Waals surface area (Å²) in [5.74, 6) is 4.30. The Morgan fingerprint density at radius 3 is 3.06 bits per heavy atom. The van der Waals surface area contributed by atoms with Gasteiger partial charge in [0.2, 0.25) is 0 Å². The molecule has 0 fully saturated rings. The van der Waals surface area contributed by atoms with Gasteiger partial charge < -0.3 is 9.40 Å². The molecule has 2 rings (SSSR count). The van der Waals surface area contributed by atoms with Gasteiger partial charge in [0.15, 0.2) is 0 Å². The van der Waals surface area contributed by atoms with Crippen LogP contribution >= 0.6 is 0 Å². The van der Waals surface area contributed by atoms with Crippen molar-refractivity contribution in [1.29, 1.82) is 0 Å². The largest absolute Gasteiger partial charge is 0.356 e. The van der Waals surface area contributed by atoms with E-state index in [0.717, 1.165) is 5.69 Å². The molecule has 0 saturated heterocycles. The zero-order valence-electron chi connectivity index (χ0n) is 9.79. The van der Waals surface area contributed by atoms with Crippen LogP contribution < -0.4 is 17.0 Å². The highest BCUT2D eigenvalue weighted by atomic mass is 16.7. The van der Waals surface area contributed by atoms with Gasteiger partial charge in [-0.15, -0.1) is 0 Å². The van der Waals surface area contributed by atoms with Crippen LogP contribution in [0.3, 0.4) is 0 Å². The topological polar surface area (TPSA) is 104 Å². The van der Waals surface area contributed by atoms with E-state index in [9.17, 15) is 9.59 Å². The number of hydrazine groups is 1. The SMILES string of the molecule is Cc1cc2c(=O)n(CCC(=O)ONN)ccn2n1. The Morgan fingerprint density at radius 1 is 1.56 bits per heavy atom. The van der Waals surface area contributed by atoms with Crippen LogP contribution in [0.25, 0.3) is 5.52 Å². The van der Waals surface area contributed by atoms with Crippen LogP contribution in [0.1, 0.15) is 12.1 Å². The summed E-state index contributed by atoms with van der Waals surface area (Å²) in [6.07, 6.45) is 3.29. The minimum atomic E-state index is -0.533. The monoisotopic (exact) mass is 251 g/mol. The number of nitrogens with zero attached hydrogens (tertiary/aromatic N) is 3. The van der Waals surface area contributed by atoms with E-state index in [1.54, 1.807) is 31.0 Å². The van der Waals surface area contributed by atoms with E-state index in [4.69, 9.17) is 5.84 Å². The molecule has 96 valence electrons. The van der Waals surface area contributed by atoms with Crippen LogP contribution in [0.4, 0.5) is 0 Å². The molecule has 0 bridgehead atoms. The van der Waals surface area contributed by atoms with E-state index >= 15 is 0 Å². The normalized spacial score (nSPS) is 10.8. The first kappa shape index (κ1) is 12.3. The lowest BCUT2D eigenvalue weighted by atomic mass is 10.4. The predicted octanol–water partition coefficient (Wildman–Crippen LogP) is -0.884. The van der Waals surface area contributed by atoms with Crippen molar-refractivity contribution in [2.75, 3.05) is 0 Å². The highest BCUT2D eigenvalue weighted by molar-refractivity contribution is 5.68. The van der Waals surface area contributed by atoms with E-state index in [2.05, 4.69) is 9.94 Å². The summed E-state index contributed by atoms with van der Waals surface area (Å²) in [7, 11) is 0.